The SMILES string of the molecule is CCC=C=C(CCCC)[C@@H](NC(=O)OCc1ccccc1)C(=O)OC. The molecule has 0 aliphatic rings. The van der Waals surface area contributed by atoms with Crippen molar-refractivity contribution in [3.05, 3.63) is 53.3 Å². The Labute approximate surface area is 149 Å². The van der Waals surface area contributed by atoms with Gasteiger partial charge in [0.05, 0.1) is 7.11 Å². The second-order valence-corrected chi connectivity index (χ2v) is 5.55. The first-order valence-electron chi connectivity index (χ1n) is 8.61. The molecule has 0 fully saturated rings. The molecule has 1 N–H and O–H groups in total. The summed E-state index contributed by atoms with van der Waals surface area (Å²) >= 11 is 0. The molecular formula is C20H27NO4. The Morgan fingerprint density at radius 3 is 2.56 bits per heavy atom. The Balaban J connectivity index is 2.81. The minimum atomic E-state index is -0.886. The molecule has 0 spiro atoms. The van der Waals surface area contributed by atoms with Crippen LogP contribution in [0.1, 0.15) is 45.1 Å². The molecule has 1 amide bonds. The van der Waals surface area contributed by atoms with Crippen molar-refractivity contribution >= 4 is 12.1 Å². The first-order chi connectivity index (χ1) is 12.1. The standard InChI is InChI=1S/C20H27NO4/c1-4-6-13-17(14-7-5-2)18(19(22)24-3)21-20(23)25-15-16-11-9-8-10-12-16/h6,8-12,18H,4-5,7,14-15H2,1-3H3,(H,21,23)/t13?,18-/m1/s1. The number of nitrogens with one attached hydrogen (secondary N) is 1. The predicted octanol–water partition coefficient (Wildman–Crippen LogP) is 4.14. The van der Waals surface area contributed by atoms with E-state index in [2.05, 4.69) is 18.0 Å². The lowest BCUT2D eigenvalue weighted by Gasteiger charge is -2.18. The fourth-order valence-corrected chi connectivity index (χ4v) is 2.19. The second kappa shape index (κ2) is 11.9. The number of hydrogen-bond donors (Lipinski definition) is 1. The van der Waals surface area contributed by atoms with E-state index >= 15 is 0 Å². The number of esters is 1. The number of rotatable bonds is 9. The van der Waals surface area contributed by atoms with Crippen LogP contribution in [0, 0.1) is 0 Å². The predicted molar refractivity (Wildman–Crippen MR) is 97.0 cm³/mol. The molecule has 1 rings (SSSR count). The Morgan fingerprint density at radius 1 is 1.24 bits per heavy atom. The summed E-state index contributed by atoms with van der Waals surface area (Å²) < 4.78 is 10.0. The maximum absolute atomic E-state index is 12.1. The van der Waals surface area contributed by atoms with Crippen LogP contribution in [0.2, 0.25) is 0 Å². The van der Waals surface area contributed by atoms with Crippen molar-refractivity contribution in [2.75, 3.05) is 7.11 Å². The minimum absolute atomic E-state index is 0.138. The highest BCUT2D eigenvalue weighted by atomic mass is 16.6. The third-order valence-corrected chi connectivity index (χ3v) is 3.55. The Morgan fingerprint density at radius 2 is 1.96 bits per heavy atom. The van der Waals surface area contributed by atoms with Gasteiger partial charge < -0.3 is 14.8 Å². The number of hydrogen-bond acceptors (Lipinski definition) is 4. The number of carbonyl (C=O) groups excluding carboxylic acids is 2. The topological polar surface area (TPSA) is 64.6 Å². The molecule has 1 aromatic rings. The van der Waals surface area contributed by atoms with E-state index in [1.54, 1.807) is 0 Å². The lowest BCUT2D eigenvalue weighted by Crippen LogP contribution is -2.43. The molecule has 25 heavy (non-hydrogen) atoms. The number of ether oxygens (including phenoxy) is 2. The summed E-state index contributed by atoms with van der Waals surface area (Å²) in [6, 6.07) is 8.47. The van der Waals surface area contributed by atoms with Crippen molar-refractivity contribution in [3.63, 3.8) is 0 Å². The zero-order chi connectivity index (χ0) is 18.5. The highest BCUT2D eigenvalue weighted by Crippen LogP contribution is 2.13. The van der Waals surface area contributed by atoms with Crippen LogP contribution in [0.3, 0.4) is 0 Å². The minimum Gasteiger partial charge on any atom is -0.467 e. The molecule has 0 saturated carbocycles. The molecule has 0 unspecified atom stereocenters. The number of unbranched alkanes of at least 4 members (excludes halogenated alkanes) is 1. The highest BCUT2D eigenvalue weighted by Gasteiger charge is 2.26. The molecule has 0 bridgehead atoms. The average Bonchev–Trinajstić information content (AvgIpc) is 2.65. The zero-order valence-electron chi connectivity index (χ0n) is 15.2. The van der Waals surface area contributed by atoms with E-state index in [-0.39, 0.29) is 6.61 Å². The Hall–Kier alpha value is -2.52. The van der Waals surface area contributed by atoms with Gasteiger partial charge in [0.15, 0.2) is 6.04 Å². The second-order valence-electron chi connectivity index (χ2n) is 5.55. The maximum Gasteiger partial charge on any atom is 0.408 e. The summed E-state index contributed by atoms with van der Waals surface area (Å²) in [5.74, 6) is -0.528. The summed E-state index contributed by atoms with van der Waals surface area (Å²) in [5, 5.41) is 2.60. The number of alkyl carbamates (subject to hydrolysis) is 1. The van der Waals surface area contributed by atoms with E-state index in [1.807, 2.05) is 43.3 Å². The van der Waals surface area contributed by atoms with Crippen LogP contribution >= 0.6 is 0 Å². The van der Waals surface area contributed by atoms with Crippen LogP contribution in [-0.4, -0.2) is 25.2 Å². The average molecular weight is 345 g/mol. The van der Waals surface area contributed by atoms with Crippen LogP contribution in [-0.2, 0) is 20.9 Å². The molecule has 0 heterocycles. The quantitative estimate of drug-likeness (QED) is 0.540. The van der Waals surface area contributed by atoms with Crippen molar-refractivity contribution in [2.24, 2.45) is 0 Å². The fraction of sp³-hybridized carbons (Fsp3) is 0.450. The monoisotopic (exact) mass is 345 g/mol. The van der Waals surface area contributed by atoms with E-state index in [0.29, 0.717) is 12.0 Å². The van der Waals surface area contributed by atoms with Crippen molar-refractivity contribution < 1.29 is 19.1 Å². The molecule has 5 heteroatoms. The van der Waals surface area contributed by atoms with E-state index in [1.165, 1.54) is 7.11 Å². The van der Waals surface area contributed by atoms with Gasteiger partial charge in [0.1, 0.15) is 6.61 Å². The van der Waals surface area contributed by atoms with E-state index in [4.69, 9.17) is 9.47 Å². The van der Waals surface area contributed by atoms with Crippen molar-refractivity contribution in [1.29, 1.82) is 0 Å². The van der Waals surface area contributed by atoms with E-state index in [9.17, 15) is 9.59 Å². The Bertz CT molecular complexity index is 603. The molecule has 0 aliphatic carbocycles. The van der Waals surface area contributed by atoms with Crippen molar-refractivity contribution in [3.8, 4) is 0 Å². The summed E-state index contributed by atoms with van der Waals surface area (Å²) in [4.78, 5) is 24.2. The largest absolute Gasteiger partial charge is 0.467 e. The smallest absolute Gasteiger partial charge is 0.408 e. The fourth-order valence-electron chi connectivity index (χ4n) is 2.19. The van der Waals surface area contributed by atoms with Crippen LogP contribution in [0.5, 0.6) is 0 Å². The molecule has 1 atom stereocenters. The van der Waals surface area contributed by atoms with Crippen LogP contribution in [0.4, 0.5) is 4.79 Å². The molecule has 0 aliphatic heterocycles. The molecule has 0 saturated heterocycles. The first-order valence-corrected chi connectivity index (χ1v) is 8.61. The van der Waals surface area contributed by atoms with Gasteiger partial charge in [-0.2, -0.15) is 0 Å². The van der Waals surface area contributed by atoms with Crippen molar-refractivity contribution in [1.82, 2.24) is 5.32 Å². The molecule has 136 valence electrons. The first kappa shape index (κ1) is 20.5. The Kier molecular flexibility index (Phi) is 9.79. The third kappa shape index (κ3) is 7.73. The van der Waals surface area contributed by atoms with E-state index in [0.717, 1.165) is 24.8 Å². The van der Waals surface area contributed by atoms with Crippen molar-refractivity contribution in [2.45, 2.75) is 52.2 Å². The lowest BCUT2D eigenvalue weighted by atomic mass is 10.0. The van der Waals surface area contributed by atoms with Crippen LogP contribution in [0.15, 0.2) is 47.7 Å². The highest BCUT2D eigenvalue weighted by molar-refractivity contribution is 5.84. The normalized spacial score (nSPS) is 11.0. The molecule has 5 nitrogen and oxygen atoms in total. The van der Waals surface area contributed by atoms with Gasteiger partial charge in [-0.3, -0.25) is 0 Å². The lowest BCUT2D eigenvalue weighted by molar-refractivity contribution is -0.142. The molecular weight excluding hydrogens is 318 g/mol. The number of amides is 1. The number of carbonyl (C=O) groups is 2. The zero-order valence-corrected chi connectivity index (χ0v) is 15.2. The molecule has 0 radical (unpaired) electrons. The van der Waals surface area contributed by atoms with E-state index < -0.39 is 18.1 Å². The van der Waals surface area contributed by atoms with Gasteiger partial charge >= 0.3 is 12.1 Å². The van der Waals surface area contributed by atoms with Gasteiger partial charge in [-0.25, -0.2) is 9.59 Å². The summed E-state index contributed by atoms with van der Waals surface area (Å²) in [7, 11) is 1.30. The van der Waals surface area contributed by atoms with Gasteiger partial charge in [0.2, 0.25) is 0 Å². The van der Waals surface area contributed by atoms with Gasteiger partial charge in [-0.1, -0.05) is 50.6 Å². The van der Waals surface area contributed by atoms with Gasteiger partial charge in [0, 0.05) is 5.57 Å². The molecule has 0 aromatic heterocycles. The van der Waals surface area contributed by atoms with Gasteiger partial charge in [0.25, 0.3) is 0 Å². The maximum atomic E-state index is 12.1. The third-order valence-electron chi connectivity index (χ3n) is 3.55. The van der Waals surface area contributed by atoms with Crippen LogP contribution in [0.25, 0.3) is 0 Å². The molecule has 1 aromatic carbocycles. The summed E-state index contributed by atoms with van der Waals surface area (Å²) in [5.41, 5.74) is 4.70. The number of methoxy groups -OCH3 is 1. The summed E-state index contributed by atoms with van der Waals surface area (Å²) in [6.07, 6.45) is 4.51. The number of benzene rings is 1. The summed E-state index contributed by atoms with van der Waals surface area (Å²) in [6.45, 7) is 4.19. The van der Waals surface area contributed by atoms with Gasteiger partial charge in [-0.05, 0) is 30.9 Å². The van der Waals surface area contributed by atoms with Crippen LogP contribution < -0.4 is 5.32 Å². The van der Waals surface area contributed by atoms with Gasteiger partial charge in [-0.15, -0.1) is 5.73 Å².